The molecule has 138 valence electrons. The minimum atomic E-state index is -0.810. The first-order valence-corrected chi connectivity index (χ1v) is 9.02. The van der Waals surface area contributed by atoms with Gasteiger partial charge in [0.2, 0.25) is 0 Å². The van der Waals surface area contributed by atoms with E-state index < -0.39 is 11.9 Å². The van der Waals surface area contributed by atoms with Crippen LogP contribution in [0, 0.1) is 0 Å². The smallest absolute Gasteiger partial charge is 0.311 e. The summed E-state index contributed by atoms with van der Waals surface area (Å²) in [6, 6.07) is 17.1. The van der Waals surface area contributed by atoms with Crippen LogP contribution in [0.3, 0.4) is 0 Å². The Kier molecular flexibility index (Phi) is 6.63. The molecule has 1 unspecified atom stereocenters. The Balaban J connectivity index is 1.58. The van der Waals surface area contributed by atoms with E-state index in [9.17, 15) is 9.90 Å². The summed E-state index contributed by atoms with van der Waals surface area (Å²) in [6.07, 6.45) is 0.444. The van der Waals surface area contributed by atoms with E-state index >= 15 is 0 Å². The van der Waals surface area contributed by atoms with Crippen molar-refractivity contribution >= 4 is 5.97 Å². The Labute approximate surface area is 154 Å². The normalized spacial score (nSPS) is 16.2. The third-order valence-electron chi connectivity index (χ3n) is 4.62. The molecule has 1 saturated heterocycles. The molecular weight excluding hydrogens is 330 g/mol. The maximum atomic E-state index is 11.7. The first-order chi connectivity index (χ1) is 12.7. The molecule has 0 amide bonds. The summed E-state index contributed by atoms with van der Waals surface area (Å²) >= 11 is 0. The van der Waals surface area contributed by atoms with Crippen LogP contribution in [-0.4, -0.2) is 55.4 Å². The second kappa shape index (κ2) is 9.36. The van der Waals surface area contributed by atoms with Crippen molar-refractivity contribution in [1.82, 2.24) is 4.90 Å². The molecule has 1 heterocycles. The number of nitrogens with zero attached hydrogens (tertiary/aromatic N) is 1. The molecule has 2 aromatic rings. The molecular formula is C21H25NO4. The Bertz CT molecular complexity index is 698. The highest BCUT2D eigenvalue weighted by Gasteiger charge is 2.20. The van der Waals surface area contributed by atoms with Crippen molar-refractivity contribution in [2.24, 2.45) is 0 Å². The SMILES string of the molecule is O=C(O)C(Cc1cccc(OCCN2CCOCC2)c1)c1ccccc1. The number of aliphatic carboxylic acids is 1. The lowest BCUT2D eigenvalue weighted by Crippen LogP contribution is -2.38. The number of benzene rings is 2. The lowest BCUT2D eigenvalue weighted by molar-refractivity contribution is -0.138. The first-order valence-electron chi connectivity index (χ1n) is 9.02. The van der Waals surface area contributed by atoms with Gasteiger partial charge in [0, 0.05) is 19.6 Å². The molecule has 0 aliphatic carbocycles. The van der Waals surface area contributed by atoms with Gasteiger partial charge in [-0.15, -0.1) is 0 Å². The van der Waals surface area contributed by atoms with Crippen molar-refractivity contribution in [3.05, 3.63) is 65.7 Å². The summed E-state index contributed by atoms with van der Waals surface area (Å²) in [7, 11) is 0. The van der Waals surface area contributed by atoms with Crippen LogP contribution in [0.5, 0.6) is 5.75 Å². The van der Waals surface area contributed by atoms with E-state index in [1.54, 1.807) is 0 Å². The number of carbonyl (C=O) groups is 1. The maximum absolute atomic E-state index is 11.7. The van der Waals surface area contributed by atoms with Gasteiger partial charge in [-0.25, -0.2) is 0 Å². The molecule has 0 aromatic heterocycles. The van der Waals surface area contributed by atoms with Crippen LogP contribution in [-0.2, 0) is 16.0 Å². The summed E-state index contributed by atoms with van der Waals surface area (Å²) in [4.78, 5) is 14.0. The number of ether oxygens (including phenoxy) is 2. The number of hydrogen-bond acceptors (Lipinski definition) is 4. The molecule has 5 heteroatoms. The summed E-state index contributed by atoms with van der Waals surface area (Å²) in [5.74, 6) is -0.581. The van der Waals surface area contributed by atoms with Gasteiger partial charge < -0.3 is 14.6 Å². The van der Waals surface area contributed by atoms with Gasteiger partial charge in [-0.05, 0) is 29.7 Å². The molecule has 0 bridgehead atoms. The molecule has 0 spiro atoms. The maximum Gasteiger partial charge on any atom is 0.311 e. The summed E-state index contributed by atoms with van der Waals surface area (Å²) < 4.78 is 11.2. The predicted molar refractivity (Wildman–Crippen MR) is 99.7 cm³/mol. The van der Waals surface area contributed by atoms with Gasteiger partial charge in [-0.2, -0.15) is 0 Å². The third kappa shape index (κ3) is 5.31. The van der Waals surface area contributed by atoms with E-state index in [1.165, 1.54) is 0 Å². The number of hydrogen-bond donors (Lipinski definition) is 1. The minimum Gasteiger partial charge on any atom is -0.492 e. The molecule has 1 aliphatic rings. The van der Waals surface area contributed by atoms with Crippen LogP contribution in [0.4, 0.5) is 0 Å². The molecule has 1 atom stereocenters. The molecule has 0 radical (unpaired) electrons. The Morgan fingerprint density at radius 3 is 2.62 bits per heavy atom. The number of carboxylic acid groups (broad SMARTS) is 1. The summed E-state index contributed by atoms with van der Waals surface area (Å²) in [6.45, 7) is 4.94. The topological polar surface area (TPSA) is 59.0 Å². The molecule has 1 aliphatic heterocycles. The highest BCUT2D eigenvalue weighted by molar-refractivity contribution is 5.76. The Morgan fingerprint density at radius 1 is 1.12 bits per heavy atom. The highest BCUT2D eigenvalue weighted by atomic mass is 16.5. The largest absolute Gasteiger partial charge is 0.492 e. The fourth-order valence-corrected chi connectivity index (χ4v) is 3.15. The van der Waals surface area contributed by atoms with Gasteiger partial charge in [-0.3, -0.25) is 9.69 Å². The minimum absolute atomic E-state index is 0.444. The summed E-state index contributed by atoms with van der Waals surface area (Å²) in [5.41, 5.74) is 1.78. The highest BCUT2D eigenvalue weighted by Crippen LogP contribution is 2.23. The average Bonchev–Trinajstić information content (AvgIpc) is 2.68. The molecule has 3 rings (SSSR count). The van der Waals surface area contributed by atoms with Crippen molar-refractivity contribution in [3.63, 3.8) is 0 Å². The zero-order valence-corrected chi connectivity index (χ0v) is 14.8. The molecule has 1 fully saturated rings. The van der Waals surface area contributed by atoms with Crippen LogP contribution in [0.2, 0.25) is 0 Å². The van der Waals surface area contributed by atoms with E-state index in [-0.39, 0.29) is 0 Å². The zero-order valence-electron chi connectivity index (χ0n) is 14.8. The van der Waals surface area contributed by atoms with Crippen LogP contribution in [0.25, 0.3) is 0 Å². The average molecular weight is 355 g/mol. The van der Waals surface area contributed by atoms with Crippen LogP contribution >= 0.6 is 0 Å². The van der Waals surface area contributed by atoms with Gasteiger partial charge in [0.1, 0.15) is 12.4 Å². The van der Waals surface area contributed by atoms with E-state index in [0.29, 0.717) is 13.0 Å². The fraction of sp³-hybridized carbons (Fsp3) is 0.381. The number of rotatable bonds is 8. The predicted octanol–water partition coefficient (Wildman–Crippen LogP) is 2.81. The molecule has 0 saturated carbocycles. The van der Waals surface area contributed by atoms with Gasteiger partial charge >= 0.3 is 5.97 Å². The van der Waals surface area contributed by atoms with Gasteiger partial charge in [0.25, 0.3) is 0 Å². The van der Waals surface area contributed by atoms with E-state index in [2.05, 4.69) is 4.90 Å². The van der Waals surface area contributed by atoms with Crippen LogP contribution in [0.1, 0.15) is 17.0 Å². The van der Waals surface area contributed by atoms with Crippen molar-refractivity contribution in [2.45, 2.75) is 12.3 Å². The van der Waals surface area contributed by atoms with Crippen molar-refractivity contribution in [2.75, 3.05) is 39.5 Å². The van der Waals surface area contributed by atoms with E-state index in [0.717, 1.165) is 49.7 Å². The van der Waals surface area contributed by atoms with Crippen molar-refractivity contribution in [1.29, 1.82) is 0 Å². The number of morpholine rings is 1. The second-order valence-electron chi connectivity index (χ2n) is 6.46. The molecule has 26 heavy (non-hydrogen) atoms. The third-order valence-corrected chi connectivity index (χ3v) is 4.62. The molecule has 5 nitrogen and oxygen atoms in total. The van der Waals surface area contributed by atoms with Gasteiger partial charge in [0.15, 0.2) is 0 Å². The lowest BCUT2D eigenvalue weighted by atomic mass is 9.92. The van der Waals surface area contributed by atoms with E-state index in [1.807, 2.05) is 54.6 Å². The number of carboxylic acids is 1. The standard InChI is InChI=1S/C21H25NO4/c23-21(24)20(18-6-2-1-3-7-18)16-17-5-4-8-19(15-17)26-14-11-22-9-12-25-13-10-22/h1-8,15,20H,9-14,16H2,(H,23,24). The van der Waals surface area contributed by atoms with Crippen LogP contribution in [0.15, 0.2) is 54.6 Å². The molecule has 2 aromatic carbocycles. The van der Waals surface area contributed by atoms with E-state index in [4.69, 9.17) is 9.47 Å². The molecule has 1 N–H and O–H groups in total. The first kappa shape index (κ1) is 18.4. The Hall–Kier alpha value is -2.37. The monoisotopic (exact) mass is 355 g/mol. The van der Waals surface area contributed by atoms with Gasteiger partial charge in [0.05, 0.1) is 19.1 Å². The van der Waals surface area contributed by atoms with Crippen molar-refractivity contribution in [3.8, 4) is 5.75 Å². The second-order valence-corrected chi connectivity index (χ2v) is 6.46. The summed E-state index contributed by atoms with van der Waals surface area (Å²) in [5, 5.41) is 9.60. The van der Waals surface area contributed by atoms with Crippen molar-refractivity contribution < 1.29 is 19.4 Å². The fourth-order valence-electron chi connectivity index (χ4n) is 3.15. The van der Waals surface area contributed by atoms with Gasteiger partial charge in [-0.1, -0.05) is 42.5 Å². The lowest BCUT2D eigenvalue weighted by Gasteiger charge is -2.26. The Morgan fingerprint density at radius 2 is 1.88 bits per heavy atom. The quantitative estimate of drug-likeness (QED) is 0.789. The zero-order chi connectivity index (χ0) is 18.2. The van der Waals surface area contributed by atoms with Crippen LogP contribution < -0.4 is 4.74 Å².